The Hall–Kier alpha value is -2.11. The van der Waals surface area contributed by atoms with E-state index in [1.807, 2.05) is 0 Å². The molecule has 0 fully saturated rings. The number of hydrogen-bond acceptors (Lipinski definition) is 3. The van der Waals surface area contributed by atoms with Crippen LogP contribution in [-0.2, 0) is 4.79 Å². The molecule has 6 nitrogen and oxygen atoms in total. The van der Waals surface area contributed by atoms with E-state index in [9.17, 15) is 14.4 Å². The lowest BCUT2D eigenvalue weighted by molar-refractivity contribution is -0.137. The molecule has 18 heavy (non-hydrogen) atoms. The molecule has 0 spiro atoms. The highest BCUT2D eigenvalue weighted by Gasteiger charge is 2.12. The number of aromatic nitrogens is 1. The quantitative estimate of drug-likeness (QED) is 0.695. The minimum absolute atomic E-state index is 0.0579. The van der Waals surface area contributed by atoms with E-state index in [0.29, 0.717) is 12.8 Å². The Balaban J connectivity index is 2.47. The van der Waals surface area contributed by atoms with Crippen LogP contribution in [0.2, 0.25) is 0 Å². The molecule has 0 aliphatic carbocycles. The Morgan fingerprint density at radius 3 is 2.83 bits per heavy atom. The molecule has 0 bridgehead atoms. The summed E-state index contributed by atoms with van der Waals surface area (Å²) in [4.78, 5) is 35.8. The monoisotopic (exact) mass is 252 g/mol. The molecule has 1 heterocycles. The van der Waals surface area contributed by atoms with Gasteiger partial charge in [-0.1, -0.05) is 0 Å². The molecule has 1 unspecified atom stereocenters. The summed E-state index contributed by atoms with van der Waals surface area (Å²) in [6, 6.07) is 2.85. The molecule has 6 heteroatoms. The molecule has 1 amide bonds. The first-order chi connectivity index (χ1) is 8.50. The number of amides is 1. The zero-order valence-electron chi connectivity index (χ0n) is 10.1. The number of carboxylic acids is 1. The SMILES string of the molecule is CC(CCCC(=O)O)NC(=O)c1ccc[nH]c1=O. The maximum absolute atomic E-state index is 11.7. The summed E-state index contributed by atoms with van der Waals surface area (Å²) >= 11 is 0. The van der Waals surface area contributed by atoms with Crippen LogP contribution in [0.4, 0.5) is 0 Å². The van der Waals surface area contributed by atoms with Crippen LogP contribution in [0.25, 0.3) is 0 Å². The van der Waals surface area contributed by atoms with Gasteiger partial charge in [-0.3, -0.25) is 14.4 Å². The van der Waals surface area contributed by atoms with Crippen molar-refractivity contribution in [2.75, 3.05) is 0 Å². The molecule has 1 aromatic rings. The maximum atomic E-state index is 11.7. The number of H-pyrrole nitrogens is 1. The maximum Gasteiger partial charge on any atom is 0.303 e. The summed E-state index contributed by atoms with van der Waals surface area (Å²) in [6.45, 7) is 1.77. The van der Waals surface area contributed by atoms with Crippen LogP contribution in [0.1, 0.15) is 36.5 Å². The van der Waals surface area contributed by atoms with Crippen molar-refractivity contribution in [2.45, 2.75) is 32.2 Å². The predicted octanol–water partition coefficient (Wildman–Crippen LogP) is 0.748. The lowest BCUT2D eigenvalue weighted by Gasteiger charge is -2.12. The molecule has 1 atom stereocenters. The Labute approximate surface area is 104 Å². The fraction of sp³-hybridized carbons (Fsp3) is 0.417. The van der Waals surface area contributed by atoms with Gasteiger partial charge >= 0.3 is 5.97 Å². The highest BCUT2D eigenvalue weighted by molar-refractivity contribution is 5.93. The van der Waals surface area contributed by atoms with Crippen LogP contribution in [0.5, 0.6) is 0 Å². The van der Waals surface area contributed by atoms with Gasteiger partial charge in [0.2, 0.25) is 0 Å². The summed E-state index contributed by atoms with van der Waals surface area (Å²) in [5, 5.41) is 11.1. The van der Waals surface area contributed by atoms with Crippen LogP contribution >= 0.6 is 0 Å². The van der Waals surface area contributed by atoms with Crippen LogP contribution in [0, 0.1) is 0 Å². The fourth-order valence-corrected chi connectivity index (χ4v) is 1.53. The number of pyridine rings is 1. The van der Waals surface area contributed by atoms with Crippen molar-refractivity contribution < 1.29 is 14.7 Å². The Morgan fingerprint density at radius 2 is 2.22 bits per heavy atom. The van der Waals surface area contributed by atoms with E-state index in [1.54, 1.807) is 13.0 Å². The van der Waals surface area contributed by atoms with Crippen molar-refractivity contribution >= 4 is 11.9 Å². The van der Waals surface area contributed by atoms with Gasteiger partial charge in [0.15, 0.2) is 0 Å². The lowest BCUT2D eigenvalue weighted by Crippen LogP contribution is -2.35. The van der Waals surface area contributed by atoms with Crippen molar-refractivity contribution in [3.63, 3.8) is 0 Å². The molecule has 0 saturated carbocycles. The van der Waals surface area contributed by atoms with E-state index in [1.165, 1.54) is 12.3 Å². The van der Waals surface area contributed by atoms with Crippen molar-refractivity contribution in [1.29, 1.82) is 0 Å². The van der Waals surface area contributed by atoms with Crippen molar-refractivity contribution in [3.05, 3.63) is 34.2 Å². The normalized spacial score (nSPS) is 11.8. The Kier molecular flexibility index (Phi) is 5.10. The molecular formula is C12H16N2O4. The molecular weight excluding hydrogens is 236 g/mol. The largest absolute Gasteiger partial charge is 0.481 e. The van der Waals surface area contributed by atoms with Gasteiger partial charge in [-0.2, -0.15) is 0 Å². The number of aromatic amines is 1. The minimum Gasteiger partial charge on any atom is -0.481 e. The lowest BCUT2D eigenvalue weighted by atomic mass is 10.1. The molecule has 0 aliphatic heterocycles. The number of carboxylic acid groups (broad SMARTS) is 1. The van der Waals surface area contributed by atoms with Gasteiger partial charge in [0, 0.05) is 18.7 Å². The van der Waals surface area contributed by atoms with E-state index in [2.05, 4.69) is 10.3 Å². The summed E-state index contributed by atoms with van der Waals surface area (Å²) < 4.78 is 0. The van der Waals surface area contributed by atoms with Gasteiger partial charge in [0.05, 0.1) is 0 Å². The van der Waals surface area contributed by atoms with Crippen LogP contribution in [-0.4, -0.2) is 28.0 Å². The van der Waals surface area contributed by atoms with E-state index >= 15 is 0 Å². The van der Waals surface area contributed by atoms with Gasteiger partial charge in [0.25, 0.3) is 11.5 Å². The second-order valence-electron chi connectivity index (χ2n) is 4.07. The summed E-state index contributed by atoms with van der Waals surface area (Å²) in [6.07, 6.45) is 2.58. The molecule has 1 aromatic heterocycles. The predicted molar refractivity (Wildman–Crippen MR) is 65.5 cm³/mol. The number of nitrogens with one attached hydrogen (secondary N) is 2. The molecule has 1 rings (SSSR count). The van der Waals surface area contributed by atoms with Crippen LogP contribution in [0.3, 0.4) is 0 Å². The molecule has 0 aliphatic rings. The molecule has 3 N–H and O–H groups in total. The van der Waals surface area contributed by atoms with E-state index in [0.717, 1.165) is 0 Å². The first-order valence-corrected chi connectivity index (χ1v) is 5.71. The van der Waals surface area contributed by atoms with Crippen molar-refractivity contribution in [3.8, 4) is 0 Å². The number of rotatable bonds is 6. The average Bonchev–Trinajstić information content (AvgIpc) is 2.28. The molecule has 0 radical (unpaired) electrons. The van der Waals surface area contributed by atoms with Gasteiger partial charge in [-0.15, -0.1) is 0 Å². The second kappa shape index (κ2) is 6.58. The van der Waals surface area contributed by atoms with Gasteiger partial charge < -0.3 is 15.4 Å². The number of hydrogen-bond donors (Lipinski definition) is 3. The van der Waals surface area contributed by atoms with E-state index in [4.69, 9.17) is 5.11 Å². The third kappa shape index (κ3) is 4.40. The van der Waals surface area contributed by atoms with E-state index in [-0.39, 0.29) is 18.0 Å². The first-order valence-electron chi connectivity index (χ1n) is 5.71. The second-order valence-corrected chi connectivity index (χ2v) is 4.07. The first kappa shape index (κ1) is 14.0. The third-order valence-corrected chi connectivity index (χ3v) is 2.47. The van der Waals surface area contributed by atoms with Crippen LogP contribution in [0.15, 0.2) is 23.1 Å². The average molecular weight is 252 g/mol. The fourth-order valence-electron chi connectivity index (χ4n) is 1.53. The van der Waals surface area contributed by atoms with Gasteiger partial charge in [-0.25, -0.2) is 0 Å². The topological polar surface area (TPSA) is 99.3 Å². The Bertz CT molecular complexity index is 481. The third-order valence-electron chi connectivity index (χ3n) is 2.47. The van der Waals surface area contributed by atoms with Gasteiger partial charge in [0.1, 0.15) is 5.56 Å². The van der Waals surface area contributed by atoms with Crippen LogP contribution < -0.4 is 10.9 Å². The van der Waals surface area contributed by atoms with E-state index < -0.39 is 17.4 Å². The summed E-state index contributed by atoms with van der Waals surface area (Å²) in [7, 11) is 0. The Morgan fingerprint density at radius 1 is 1.50 bits per heavy atom. The zero-order valence-corrected chi connectivity index (χ0v) is 10.1. The minimum atomic E-state index is -0.854. The number of carbonyl (C=O) groups excluding carboxylic acids is 1. The smallest absolute Gasteiger partial charge is 0.303 e. The standard InChI is InChI=1S/C12H16N2O4/c1-8(4-2-6-10(15)16)14-12(18)9-5-3-7-13-11(9)17/h3,5,7-8H,2,4,6H2,1H3,(H,13,17)(H,14,18)(H,15,16). The number of aliphatic carboxylic acids is 1. The van der Waals surface area contributed by atoms with Crippen molar-refractivity contribution in [1.82, 2.24) is 10.3 Å². The van der Waals surface area contributed by atoms with Crippen molar-refractivity contribution in [2.24, 2.45) is 0 Å². The zero-order chi connectivity index (χ0) is 13.5. The summed E-state index contributed by atoms with van der Waals surface area (Å²) in [5.74, 6) is -1.30. The molecule has 98 valence electrons. The van der Waals surface area contributed by atoms with Gasteiger partial charge in [-0.05, 0) is 31.9 Å². The molecule has 0 aromatic carbocycles. The number of carbonyl (C=O) groups is 2. The highest BCUT2D eigenvalue weighted by Crippen LogP contribution is 2.01. The summed E-state index contributed by atoms with van der Waals surface area (Å²) in [5.41, 5.74) is -0.379. The molecule has 0 saturated heterocycles. The highest BCUT2D eigenvalue weighted by atomic mass is 16.4.